The lowest BCUT2D eigenvalue weighted by Crippen LogP contribution is -2.41. The van der Waals surface area contributed by atoms with E-state index in [1.165, 1.54) is 19.4 Å². The molecule has 0 aromatic heterocycles. The van der Waals surface area contributed by atoms with Crippen molar-refractivity contribution in [1.82, 2.24) is 10.2 Å². The van der Waals surface area contributed by atoms with Gasteiger partial charge in [-0.15, -0.1) is 0 Å². The first-order valence-electron chi connectivity index (χ1n) is 7.86. The lowest BCUT2D eigenvalue weighted by Gasteiger charge is -2.31. The zero-order valence-electron chi connectivity index (χ0n) is 13.1. The summed E-state index contributed by atoms with van der Waals surface area (Å²) in [6.45, 7) is 8.40. The average Bonchev–Trinajstić information content (AvgIpc) is 2.52. The van der Waals surface area contributed by atoms with Crippen molar-refractivity contribution in [3.05, 3.63) is 29.8 Å². The number of hydrogen-bond acceptors (Lipinski definition) is 3. The minimum Gasteiger partial charge on any atom is -0.484 e. The number of hydrogen-bond donors (Lipinski definition) is 1. The number of aryl methyl sites for hydroxylation is 1. The van der Waals surface area contributed by atoms with Crippen LogP contribution in [0.25, 0.3) is 0 Å². The van der Waals surface area contributed by atoms with Gasteiger partial charge in [0.2, 0.25) is 0 Å². The minimum atomic E-state index is -0.0353. The van der Waals surface area contributed by atoms with Crippen molar-refractivity contribution < 1.29 is 9.53 Å². The molecule has 0 spiro atoms. The fourth-order valence-electron chi connectivity index (χ4n) is 2.78. The van der Waals surface area contributed by atoms with Gasteiger partial charge in [-0.3, -0.25) is 4.79 Å². The summed E-state index contributed by atoms with van der Waals surface area (Å²) in [6.07, 6.45) is 2.43. The molecular weight excluding hydrogens is 264 g/mol. The normalized spacial score (nSPS) is 19.2. The first kappa shape index (κ1) is 15.8. The van der Waals surface area contributed by atoms with Crippen molar-refractivity contribution in [3.8, 4) is 5.75 Å². The number of piperidine rings is 1. The van der Waals surface area contributed by atoms with Crippen LogP contribution in [0.2, 0.25) is 0 Å². The van der Waals surface area contributed by atoms with Crippen molar-refractivity contribution in [2.75, 3.05) is 32.8 Å². The van der Waals surface area contributed by atoms with Gasteiger partial charge >= 0.3 is 0 Å². The largest absolute Gasteiger partial charge is 0.484 e. The maximum absolute atomic E-state index is 11.9. The van der Waals surface area contributed by atoms with Gasteiger partial charge in [-0.1, -0.05) is 25.1 Å². The number of carbonyl (C=O) groups excluding carboxylic acids is 1. The van der Waals surface area contributed by atoms with Gasteiger partial charge < -0.3 is 15.0 Å². The molecular formula is C17H26N2O2. The van der Waals surface area contributed by atoms with Crippen LogP contribution in [-0.4, -0.2) is 43.6 Å². The second-order valence-electron chi connectivity index (χ2n) is 5.76. The minimum absolute atomic E-state index is 0.0353. The average molecular weight is 290 g/mol. The number of likely N-dealkylation sites (tertiary alicyclic amines) is 1. The zero-order chi connectivity index (χ0) is 15.1. The second-order valence-corrected chi connectivity index (χ2v) is 5.76. The Balaban J connectivity index is 1.69. The third-order valence-electron chi connectivity index (χ3n) is 4.09. The molecule has 1 fully saturated rings. The Kier molecular flexibility index (Phi) is 6.05. The molecule has 1 aliphatic rings. The van der Waals surface area contributed by atoms with E-state index in [2.05, 4.69) is 17.1 Å². The van der Waals surface area contributed by atoms with Gasteiger partial charge in [0.05, 0.1) is 0 Å². The second kappa shape index (κ2) is 8.03. The zero-order valence-corrected chi connectivity index (χ0v) is 13.1. The van der Waals surface area contributed by atoms with Gasteiger partial charge in [-0.05, 0) is 50.4 Å². The molecule has 1 aliphatic heterocycles. The fourth-order valence-corrected chi connectivity index (χ4v) is 2.78. The quantitative estimate of drug-likeness (QED) is 0.873. The number of benzene rings is 1. The highest BCUT2D eigenvalue weighted by molar-refractivity contribution is 5.77. The summed E-state index contributed by atoms with van der Waals surface area (Å²) < 4.78 is 5.56. The molecule has 1 saturated heterocycles. The molecule has 1 aromatic rings. The summed E-state index contributed by atoms with van der Waals surface area (Å²) in [5.41, 5.74) is 1.05. The van der Waals surface area contributed by atoms with E-state index in [4.69, 9.17) is 4.74 Å². The highest BCUT2D eigenvalue weighted by Gasteiger charge is 2.19. The summed E-state index contributed by atoms with van der Waals surface area (Å²) in [7, 11) is 0. The molecule has 1 aromatic carbocycles. The van der Waals surface area contributed by atoms with E-state index < -0.39 is 0 Å². The van der Waals surface area contributed by atoms with E-state index in [-0.39, 0.29) is 12.5 Å². The van der Waals surface area contributed by atoms with E-state index in [0.717, 1.165) is 30.9 Å². The molecule has 21 heavy (non-hydrogen) atoms. The molecule has 0 aliphatic carbocycles. The predicted molar refractivity (Wildman–Crippen MR) is 84.5 cm³/mol. The van der Waals surface area contributed by atoms with Crippen LogP contribution in [0.5, 0.6) is 5.75 Å². The van der Waals surface area contributed by atoms with Crippen molar-refractivity contribution in [2.24, 2.45) is 5.92 Å². The molecule has 0 radical (unpaired) electrons. The van der Waals surface area contributed by atoms with E-state index in [1.807, 2.05) is 31.2 Å². The van der Waals surface area contributed by atoms with Crippen LogP contribution >= 0.6 is 0 Å². The van der Waals surface area contributed by atoms with Crippen LogP contribution in [0.3, 0.4) is 0 Å². The number of carbonyl (C=O) groups is 1. The third kappa shape index (κ3) is 5.05. The number of para-hydroxylation sites is 1. The van der Waals surface area contributed by atoms with Crippen LogP contribution in [0, 0.1) is 12.8 Å². The van der Waals surface area contributed by atoms with Gasteiger partial charge in [0, 0.05) is 13.1 Å². The summed E-state index contributed by atoms with van der Waals surface area (Å²) in [4.78, 5) is 14.3. The first-order chi connectivity index (χ1) is 10.2. The predicted octanol–water partition coefficient (Wildman–Crippen LogP) is 2.22. The Morgan fingerprint density at radius 3 is 3.00 bits per heavy atom. The van der Waals surface area contributed by atoms with Crippen LogP contribution in [0.15, 0.2) is 24.3 Å². The maximum atomic E-state index is 11.9. The molecule has 0 unspecified atom stereocenters. The Morgan fingerprint density at radius 1 is 1.43 bits per heavy atom. The summed E-state index contributed by atoms with van der Waals surface area (Å²) in [6, 6.07) is 7.75. The molecule has 0 saturated carbocycles. The monoisotopic (exact) mass is 290 g/mol. The first-order valence-corrected chi connectivity index (χ1v) is 7.86. The van der Waals surface area contributed by atoms with Gasteiger partial charge in [-0.2, -0.15) is 0 Å². The van der Waals surface area contributed by atoms with Crippen LogP contribution in [0.4, 0.5) is 0 Å². The summed E-state index contributed by atoms with van der Waals surface area (Å²) in [5.74, 6) is 1.32. The number of nitrogens with one attached hydrogen (secondary N) is 1. The van der Waals surface area contributed by atoms with Crippen molar-refractivity contribution >= 4 is 5.91 Å². The summed E-state index contributed by atoms with van der Waals surface area (Å²) >= 11 is 0. The molecule has 0 bridgehead atoms. The maximum Gasteiger partial charge on any atom is 0.257 e. The lowest BCUT2D eigenvalue weighted by molar-refractivity contribution is -0.123. The lowest BCUT2D eigenvalue weighted by atomic mass is 9.98. The Morgan fingerprint density at radius 2 is 2.24 bits per heavy atom. The molecule has 1 atom stereocenters. The van der Waals surface area contributed by atoms with Crippen LogP contribution in [-0.2, 0) is 4.79 Å². The number of amides is 1. The highest BCUT2D eigenvalue weighted by Crippen LogP contribution is 2.16. The van der Waals surface area contributed by atoms with Gasteiger partial charge in [0.1, 0.15) is 5.75 Å². The molecule has 4 nitrogen and oxygen atoms in total. The Hall–Kier alpha value is -1.55. The molecule has 4 heteroatoms. The van der Waals surface area contributed by atoms with Gasteiger partial charge in [0.15, 0.2) is 6.61 Å². The van der Waals surface area contributed by atoms with Crippen LogP contribution in [0.1, 0.15) is 25.3 Å². The van der Waals surface area contributed by atoms with E-state index in [1.54, 1.807) is 0 Å². The van der Waals surface area contributed by atoms with Crippen molar-refractivity contribution in [3.63, 3.8) is 0 Å². The molecule has 1 amide bonds. The smallest absolute Gasteiger partial charge is 0.257 e. The Labute approximate surface area is 127 Å². The summed E-state index contributed by atoms with van der Waals surface area (Å²) in [5, 5.41) is 3.00. The SMILES string of the molecule is CCN1CCC[C@@H](CNC(=O)COc2ccccc2C)C1. The Bertz CT molecular complexity index is 462. The van der Waals surface area contributed by atoms with Gasteiger partial charge in [-0.25, -0.2) is 0 Å². The van der Waals surface area contributed by atoms with Gasteiger partial charge in [0.25, 0.3) is 5.91 Å². The molecule has 1 N–H and O–H groups in total. The van der Waals surface area contributed by atoms with E-state index in [9.17, 15) is 4.79 Å². The standard InChI is InChI=1S/C17H26N2O2/c1-3-19-10-6-8-15(12-19)11-18-17(20)13-21-16-9-5-4-7-14(16)2/h4-5,7,9,15H,3,6,8,10-13H2,1-2H3,(H,18,20)/t15-/m0/s1. The fraction of sp³-hybridized carbons (Fsp3) is 0.588. The van der Waals surface area contributed by atoms with E-state index >= 15 is 0 Å². The number of nitrogens with zero attached hydrogens (tertiary/aromatic N) is 1. The molecule has 116 valence electrons. The molecule has 1 heterocycles. The topological polar surface area (TPSA) is 41.6 Å². The molecule has 2 rings (SSSR count). The number of ether oxygens (including phenoxy) is 1. The van der Waals surface area contributed by atoms with E-state index in [0.29, 0.717) is 5.92 Å². The van der Waals surface area contributed by atoms with Crippen molar-refractivity contribution in [2.45, 2.75) is 26.7 Å². The number of rotatable bonds is 6. The van der Waals surface area contributed by atoms with Crippen molar-refractivity contribution in [1.29, 1.82) is 0 Å². The van der Waals surface area contributed by atoms with Crippen LogP contribution < -0.4 is 10.1 Å². The third-order valence-corrected chi connectivity index (χ3v) is 4.09. The highest BCUT2D eigenvalue weighted by atomic mass is 16.5.